The Balaban J connectivity index is 1.89. The number of methoxy groups -OCH3 is 1. The number of ether oxygens (including phenoxy) is 1. The van der Waals surface area contributed by atoms with Crippen molar-refractivity contribution in [1.29, 1.82) is 0 Å². The van der Waals surface area contributed by atoms with E-state index in [4.69, 9.17) is 22.1 Å². The zero-order chi connectivity index (χ0) is 15.2. The first kappa shape index (κ1) is 15.2. The lowest BCUT2D eigenvalue weighted by molar-refractivity contribution is -0.116. The minimum absolute atomic E-state index is 0.0493. The number of anilines is 2. The van der Waals surface area contributed by atoms with E-state index in [0.29, 0.717) is 29.3 Å². The highest BCUT2D eigenvalue weighted by Crippen LogP contribution is 2.22. The van der Waals surface area contributed by atoms with Crippen LogP contribution in [0, 0.1) is 0 Å². The molecule has 0 aromatic heterocycles. The number of carbonyl (C=O) groups is 1. The second-order valence-corrected chi connectivity index (χ2v) is 5.07. The molecule has 0 aliphatic carbocycles. The van der Waals surface area contributed by atoms with Crippen LogP contribution in [0.1, 0.15) is 12.0 Å². The van der Waals surface area contributed by atoms with Crippen molar-refractivity contribution in [3.8, 4) is 5.75 Å². The largest absolute Gasteiger partial charge is 0.495 e. The summed E-state index contributed by atoms with van der Waals surface area (Å²) in [5.41, 5.74) is 8.15. The maximum atomic E-state index is 11.9. The van der Waals surface area contributed by atoms with E-state index >= 15 is 0 Å². The zero-order valence-corrected chi connectivity index (χ0v) is 12.5. The van der Waals surface area contributed by atoms with Crippen molar-refractivity contribution >= 4 is 28.9 Å². The quantitative estimate of drug-likeness (QED) is 0.831. The zero-order valence-electron chi connectivity index (χ0n) is 11.7. The third-order valence-electron chi connectivity index (χ3n) is 3.06. The first-order valence-electron chi connectivity index (χ1n) is 6.56. The number of halogens is 1. The van der Waals surface area contributed by atoms with Gasteiger partial charge in [0.15, 0.2) is 0 Å². The maximum Gasteiger partial charge on any atom is 0.224 e. The monoisotopic (exact) mass is 304 g/mol. The molecule has 1 amide bonds. The van der Waals surface area contributed by atoms with E-state index in [1.165, 1.54) is 0 Å². The predicted octanol–water partition coefficient (Wildman–Crippen LogP) is 3.50. The molecule has 0 heterocycles. The van der Waals surface area contributed by atoms with Crippen LogP contribution in [0.15, 0.2) is 42.5 Å². The number of carbonyl (C=O) groups excluding carboxylic acids is 1. The van der Waals surface area contributed by atoms with Crippen molar-refractivity contribution in [2.24, 2.45) is 0 Å². The number of hydrogen-bond donors (Lipinski definition) is 2. The van der Waals surface area contributed by atoms with Gasteiger partial charge in [0, 0.05) is 17.1 Å². The van der Waals surface area contributed by atoms with Crippen LogP contribution in [0.2, 0.25) is 5.02 Å². The predicted molar refractivity (Wildman–Crippen MR) is 85.8 cm³/mol. The van der Waals surface area contributed by atoms with Gasteiger partial charge in [-0.05, 0) is 48.4 Å². The molecule has 110 valence electrons. The third-order valence-corrected chi connectivity index (χ3v) is 3.31. The van der Waals surface area contributed by atoms with E-state index in [1.807, 2.05) is 18.2 Å². The first-order chi connectivity index (χ1) is 10.1. The van der Waals surface area contributed by atoms with Gasteiger partial charge < -0.3 is 15.8 Å². The molecule has 0 bridgehead atoms. The normalized spacial score (nSPS) is 10.2. The van der Waals surface area contributed by atoms with Gasteiger partial charge in [0.2, 0.25) is 5.91 Å². The van der Waals surface area contributed by atoms with Gasteiger partial charge in [-0.25, -0.2) is 0 Å². The lowest BCUT2D eigenvalue weighted by Crippen LogP contribution is -2.12. The Bertz CT molecular complexity index is 627. The average molecular weight is 305 g/mol. The topological polar surface area (TPSA) is 64.3 Å². The van der Waals surface area contributed by atoms with Crippen molar-refractivity contribution < 1.29 is 9.53 Å². The van der Waals surface area contributed by atoms with Crippen LogP contribution in [0.5, 0.6) is 5.75 Å². The molecular formula is C16H17ClN2O2. The summed E-state index contributed by atoms with van der Waals surface area (Å²) < 4.78 is 5.10. The van der Waals surface area contributed by atoms with Crippen molar-refractivity contribution in [1.82, 2.24) is 0 Å². The smallest absolute Gasteiger partial charge is 0.224 e. The number of aryl methyl sites for hydroxylation is 1. The van der Waals surface area contributed by atoms with Gasteiger partial charge in [-0.3, -0.25) is 4.79 Å². The summed E-state index contributed by atoms with van der Waals surface area (Å²) in [6.45, 7) is 0. The highest BCUT2D eigenvalue weighted by molar-refractivity contribution is 6.30. The fourth-order valence-electron chi connectivity index (χ4n) is 1.95. The van der Waals surface area contributed by atoms with Crippen molar-refractivity contribution in [2.75, 3.05) is 18.2 Å². The number of rotatable bonds is 5. The Labute approximate surface area is 128 Å². The van der Waals surface area contributed by atoms with Gasteiger partial charge >= 0.3 is 0 Å². The minimum atomic E-state index is -0.0493. The van der Waals surface area contributed by atoms with Crippen molar-refractivity contribution in [3.63, 3.8) is 0 Å². The Morgan fingerprint density at radius 3 is 2.57 bits per heavy atom. The van der Waals surface area contributed by atoms with Crippen LogP contribution in [0.25, 0.3) is 0 Å². The van der Waals surface area contributed by atoms with Gasteiger partial charge in [-0.1, -0.05) is 17.7 Å². The third kappa shape index (κ3) is 4.39. The number of hydrogen-bond acceptors (Lipinski definition) is 3. The summed E-state index contributed by atoms with van der Waals surface area (Å²) in [5.74, 6) is 0.594. The molecule has 0 unspecified atom stereocenters. The number of amides is 1. The average Bonchev–Trinajstić information content (AvgIpc) is 2.48. The van der Waals surface area contributed by atoms with Crippen molar-refractivity contribution in [3.05, 3.63) is 53.1 Å². The summed E-state index contributed by atoms with van der Waals surface area (Å²) in [7, 11) is 1.57. The van der Waals surface area contributed by atoms with E-state index in [0.717, 1.165) is 11.3 Å². The maximum absolute atomic E-state index is 11.9. The van der Waals surface area contributed by atoms with Crippen LogP contribution < -0.4 is 15.8 Å². The molecule has 0 saturated carbocycles. The summed E-state index contributed by atoms with van der Waals surface area (Å²) in [6, 6.07) is 12.6. The molecule has 5 heteroatoms. The molecule has 0 aliphatic rings. The van der Waals surface area contributed by atoms with Crippen LogP contribution in [-0.4, -0.2) is 13.0 Å². The molecule has 2 aromatic rings. The van der Waals surface area contributed by atoms with Crippen LogP contribution in [0.3, 0.4) is 0 Å². The highest BCUT2D eigenvalue weighted by Gasteiger charge is 2.05. The first-order valence-corrected chi connectivity index (χ1v) is 6.94. The van der Waals surface area contributed by atoms with Gasteiger partial charge in [-0.15, -0.1) is 0 Å². The van der Waals surface area contributed by atoms with E-state index in [-0.39, 0.29) is 5.91 Å². The molecular weight excluding hydrogens is 288 g/mol. The summed E-state index contributed by atoms with van der Waals surface area (Å²) in [6.07, 6.45) is 1.00. The molecule has 2 aromatic carbocycles. The Kier molecular flexibility index (Phi) is 5.06. The number of nitrogen functional groups attached to an aromatic ring is 1. The molecule has 0 aliphatic heterocycles. The van der Waals surface area contributed by atoms with Crippen LogP contribution in [0.4, 0.5) is 11.4 Å². The summed E-state index contributed by atoms with van der Waals surface area (Å²) >= 11 is 5.79. The minimum Gasteiger partial charge on any atom is -0.495 e. The molecule has 0 atom stereocenters. The second kappa shape index (κ2) is 6.99. The van der Waals surface area contributed by atoms with E-state index in [9.17, 15) is 4.79 Å². The molecule has 0 radical (unpaired) electrons. The molecule has 0 spiro atoms. The van der Waals surface area contributed by atoms with Gasteiger partial charge in [0.05, 0.1) is 12.8 Å². The van der Waals surface area contributed by atoms with Crippen LogP contribution >= 0.6 is 11.6 Å². The summed E-state index contributed by atoms with van der Waals surface area (Å²) in [5, 5.41) is 3.46. The molecule has 2 rings (SSSR count). The number of nitrogens with two attached hydrogens (primary N) is 1. The standard InChI is InChI=1S/C16H17ClN2O2/c1-21-15-8-2-11(10-14(15)18)3-9-16(20)19-13-6-4-12(17)5-7-13/h2,4-8,10H,3,9,18H2,1H3,(H,19,20). The van der Waals surface area contributed by atoms with Gasteiger partial charge in [-0.2, -0.15) is 0 Å². The molecule has 0 saturated heterocycles. The van der Waals surface area contributed by atoms with E-state index in [2.05, 4.69) is 5.32 Å². The lowest BCUT2D eigenvalue weighted by atomic mass is 10.1. The molecule has 21 heavy (non-hydrogen) atoms. The molecule has 0 fully saturated rings. The SMILES string of the molecule is COc1ccc(CCC(=O)Nc2ccc(Cl)cc2)cc1N. The van der Waals surface area contributed by atoms with Crippen molar-refractivity contribution in [2.45, 2.75) is 12.8 Å². The fraction of sp³-hybridized carbons (Fsp3) is 0.188. The number of nitrogens with one attached hydrogen (secondary N) is 1. The Hall–Kier alpha value is -2.20. The Morgan fingerprint density at radius 1 is 1.24 bits per heavy atom. The second-order valence-electron chi connectivity index (χ2n) is 4.63. The van der Waals surface area contributed by atoms with Gasteiger partial charge in [0.25, 0.3) is 0 Å². The lowest BCUT2D eigenvalue weighted by Gasteiger charge is -2.08. The highest BCUT2D eigenvalue weighted by atomic mass is 35.5. The van der Waals surface area contributed by atoms with E-state index in [1.54, 1.807) is 31.4 Å². The molecule has 4 nitrogen and oxygen atoms in total. The van der Waals surface area contributed by atoms with Gasteiger partial charge in [0.1, 0.15) is 5.75 Å². The van der Waals surface area contributed by atoms with Crippen LogP contribution in [-0.2, 0) is 11.2 Å². The number of benzene rings is 2. The Morgan fingerprint density at radius 2 is 1.95 bits per heavy atom. The fourth-order valence-corrected chi connectivity index (χ4v) is 2.08. The molecule has 3 N–H and O–H groups in total. The summed E-state index contributed by atoms with van der Waals surface area (Å²) in [4.78, 5) is 11.9. The van der Waals surface area contributed by atoms with E-state index < -0.39 is 0 Å².